The molecule has 0 fully saturated rings. The molecule has 1 heterocycles. The van der Waals surface area contributed by atoms with E-state index >= 15 is 0 Å². The van der Waals surface area contributed by atoms with Gasteiger partial charge >= 0.3 is 0 Å². The number of anilines is 1. The first-order valence-corrected chi connectivity index (χ1v) is 9.55. The number of carbonyl (C=O) groups is 2. The predicted molar refractivity (Wildman–Crippen MR) is 111 cm³/mol. The summed E-state index contributed by atoms with van der Waals surface area (Å²) in [6.07, 6.45) is 0.137. The summed E-state index contributed by atoms with van der Waals surface area (Å²) in [5.41, 5.74) is 2.08. The molecule has 4 rings (SSSR count). The van der Waals surface area contributed by atoms with E-state index in [1.54, 1.807) is 54.6 Å². The molecule has 0 saturated carbocycles. The van der Waals surface area contributed by atoms with E-state index < -0.39 is 0 Å². The van der Waals surface area contributed by atoms with Crippen LogP contribution in [0.25, 0.3) is 0 Å². The lowest BCUT2D eigenvalue weighted by Gasteiger charge is -2.18. The molecule has 0 bridgehead atoms. The Labute approximate surface area is 173 Å². The summed E-state index contributed by atoms with van der Waals surface area (Å²) in [5, 5.41) is 3.25. The predicted octanol–water partition coefficient (Wildman–Crippen LogP) is 4.52. The van der Waals surface area contributed by atoms with Crippen LogP contribution in [0.5, 0.6) is 11.5 Å². The number of nitrogens with one attached hydrogen (secondary N) is 1. The molecule has 0 atom stereocenters. The largest absolute Gasteiger partial charge is 0.486 e. The molecule has 0 unspecified atom stereocenters. The second kappa shape index (κ2) is 8.37. The minimum Gasteiger partial charge on any atom is -0.486 e. The first-order valence-electron chi connectivity index (χ1n) is 9.18. The summed E-state index contributed by atoms with van der Waals surface area (Å²) >= 11 is 6.09. The van der Waals surface area contributed by atoms with Crippen molar-refractivity contribution in [1.29, 1.82) is 0 Å². The summed E-state index contributed by atoms with van der Waals surface area (Å²) in [5.74, 6) is 0.857. The van der Waals surface area contributed by atoms with Crippen LogP contribution >= 0.6 is 11.6 Å². The maximum absolute atomic E-state index is 12.9. The summed E-state index contributed by atoms with van der Waals surface area (Å²) in [6, 6.07) is 19.1. The van der Waals surface area contributed by atoms with E-state index in [9.17, 15) is 9.59 Å². The van der Waals surface area contributed by atoms with Crippen LogP contribution in [-0.2, 0) is 11.2 Å². The maximum Gasteiger partial charge on any atom is 0.228 e. The van der Waals surface area contributed by atoms with Gasteiger partial charge in [0.2, 0.25) is 5.91 Å². The van der Waals surface area contributed by atoms with Crippen molar-refractivity contribution >= 4 is 29.0 Å². The zero-order valence-corrected chi connectivity index (χ0v) is 16.2. The number of fused-ring (bicyclic) bond motifs is 1. The molecule has 3 aromatic rings. The zero-order chi connectivity index (χ0) is 20.2. The molecule has 0 aromatic heterocycles. The summed E-state index contributed by atoms with van der Waals surface area (Å²) in [7, 11) is 0. The Bertz CT molecular complexity index is 1070. The fraction of sp³-hybridized carbons (Fsp3) is 0.130. The number of benzene rings is 3. The number of carbonyl (C=O) groups excluding carboxylic acids is 2. The van der Waals surface area contributed by atoms with Gasteiger partial charge in [-0.1, -0.05) is 48.0 Å². The van der Waals surface area contributed by atoms with Crippen LogP contribution in [0.15, 0.2) is 66.7 Å². The topological polar surface area (TPSA) is 64.6 Å². The van der Waals surface area contributed by atoms with Gasteiger partial charge in [0.1, 0.15) is 13.2 Å². The lowest BCUT2D eigenvalue weighted by molar-refractivity contribution is -0.115. The van der Waals surface area contributed by atoms with Crippen molar-refractivity contribution in [2.45, 2.75) is 6.42 Å². The molecule has 1 amide bonds. The number of halogens is 1. The average Bonchev–Trinajstić information content (AvgIpc) is 2.75. The standard InChI is InChI=1S/C23H18ClNO4/c24-17-7-8-19(18(14-17)23(27)16-4-2-1-3-5-16)25-22(26)13-15-6-9-20-21(12-15)29-11-10-28-20/h1-9,12,14H,10-11,13H2,(H,25,26). The Balaban J connectivity index is 1.53. The van der Waals surface area contributed by atoms with Crippen LogP contribution in [0, 0.1) is 0 Å². The monoisotopic (exact) mass is 407 g/mol. The van der Waals surface area contributed by atoms with Gasteiger partial charge in [0, 0.05) is 16.1 Å². The van der Waals surface area contributed by atoms with E-state index in [-0.39, 0.29) is 18.1 Å². The molecule has 1 aliphatic rings. The van der Waals surface area contributed by atoms with Gasteiger partial charge in [0.05, 0.1) is 12.1 Å². The van der Waals surface area contributed by atoms with Gasteiger partial charge in [0.15, 0.2) is 17.3 Å². The lowest BCUT2D eigenvalue weighted by Crippen LogP contribution is -2.18. The molecule has 3 aromatic carbocycles. The van der Waals surface area contributed by atoms with Crippen molar-refractivity contribution in [1.82, 2.24) is 0 Å². The van der Waals surface area contributed by atoms with Crippen LogP contribution < -0.4 is 14.8 Å². The third kappa shape index (κ3) is 4.41. The van der Waals surface area contributed by atoms with E-state index in [0.29, 0.717) is 46.5 Å². The number of amides is 1. The number of ketones is 1. The molecule has 5 nitrogen and oxygen atoms in total. The highest BCUT2D eigenvalue weighted by molar-refractivity contribution is 6.31. The van der Waals surface area contributed by atoms with Crippen LogP contribution in [0.2, 0.25) is 5.02 Å². The van der Waals surface area contributed by atoms with E-state index in [1.165, 1.54) is 0 Å². The summed E-state index contributed by atoms with van der Waals surface area (Å²) in [4.78, 5) is 25.5. The van der Waals surface area contributed by atoms with Gasteiger partial charge in [-0.2, -0.15) is 0 Å². The Morgan fingerprint density at radius 2 is 1.66 bits per heavy atom. The quantitative estimate of drug-likeness (QED) is 0.631. The highest BCUT2D eigenvalue weighted by atomic mass is 35.5. The van der Waals surface area contributed by atoms with E-state index in [1.807, 2.05) is 12.1 Å². The van der Waals surface area contributed by atoms with Gasteiger partial charge in [0.25, 0.3) is 0 Å². The molecule has 0 spiro atoms. The summed E-state index contributed by atoms with van der Waals surface area (Å²) < 4.78 is 11.1. The van der Waals surface area contributed by atoms with E-state index in [0.717, 1.165) is 5.56 Å². The fourth-order valence-electron chi connectivity index (χ4n) is 3.14. The van der Waals surface area contributed by atoms with Crippen molar-refractivity contribution in [2.24, 2.45) is 0 Å². The Morgan fingerprint density at radius 3 is 2.45 bits per heavy atom. The lowest BCUT2D eigenvalue weighted by atomic mass is 10.0. The molecular formula is C23H18ClNO4. The Kier molecular flexibility index (Phi) is 5.49. The molecule has 146 valence electrons. The molecule has 0 radical (unpaired) electrons. The molecular weight excluding hydrogens is 390 g/mol. The SMILES string of the molecule is O=C(Cc1ccc2c(c1)OCCO2)Nc1ccc(Cl)cc1C(=O)c1ccccc1. The van der Waals surface area contributed by atoms with Crippen LogP contribution in [0.4, 0.5) is 5.69 Å². The number of rotatable bonds is 5. The number of ether oxygens (including phenoxy) is 2. The van der Waals surface area contributed by atoms with E-state index in [4.69, 9.17) is 21.1 Å². The number of hydrogen-bond acceptors (Lipinski definition) is 4. The first kappa shape index (κ1) is 19.0. The number of hydrogen-bond donors (Lipinski definition) is 1. The van der Waals surface area contributed by atoms with Crippen molar-refractivity contribution in [3.05, 3.63) is 88.4 Å². The van der Waals surface area contributed by atoms with Crippen LogP contribution in [-0.4, -0.2) is 24.9 Å². The molecule has 0 saturated heterocycles. The second-order valence-corrected chi connectivity index (χ2v) is 7.02. The second-order valence-electron chi connectivity index (χ2n) is 6.59. The normalized spacial score (nSPS) is 12.3. The van der Waals surface area contributed by atoms with Crippen molar-refractivity contribution in [2.75, 3.05) is 18.5 Å². The maximum atomic E-state index is 12.9. The minimum atomic E-state index is -0.244. The van der Waals surface area contributed by atoms with Gasteiger partial charge < -0.3 is 14.8 Å². The molecule has 6 heteroatoms. The molecule has 0 aliphatic carbocycles. The summed E-state index contributed by atoms with van der Waals surface area (Å²) in [6.45, 7) is 1.00. The van der Waals surface area contributed by atoms with E-state index in [2.05, 4.69) is 5.32 Å². The third-order valence-corrected chi connectivity index (χ3v) is 4.74. The Hall–Kier alpha value is -3.31. The Morgan fingerprint density at radius 1 is 0.897 bits per heavy atom. The van der Waals surface area contributed by atoms with Crippen molar-refractivity contribution in [3.8, 4) is 11.5 Å². The molecule has 29 heavy (non-hydrogen) atoms. The smallest absolute Gasteiger partial charge is 0.228 e. The minimum absolute atomic E-state index is 0.137. The highest BCUT2D eigenvalue weighted by Crippen LogP contribution is 2.31. The fourth-order valence-corrected chi connectivity index (χ4v) is 3.31. The van der Waals surface area contributed by atoms with Gasteiger partial charge in [-0.15, -0.1) is 0 Å². The average molecular weight is 408 g/mol. The first-order chi connectivity index (χ1) is 14.1. The zero-order valence-electron chi connectivity index (χ0n) is 15.5. The van der Waals surface area contributed by atoms with Crippen molar-refractivity contribution in [3.63, 3.8) is 0 Å². The molecule has 1 aliphatic heterocycles. The highest BCUT2D eigenvalue weighted by Gasteiger charge is 2.17. The van der Waals surface area contributed by atoms with Gasteiger partial charge in [-0.25, -0.2) is 0 Å². The van der Waals surface area contributed by atoms with Crippen LogP contribution in [0.3, 0.4) is 0 Å². The van der Waals surface area contributed by atoms with Crippen molar-refractivity contribution < 1.29 is 19.1 Å². The van der Waals surface area contributed by atoms with Gasteiger partial charge in [-0.3, -0.25) is 9.59 Å². The van der Waals surface area contributed by atoms with Gasteiger partial charge in [-0.05, 0) is 35.9 Å². The molecule has 1 N–H and O–H groups in total. The van der Waals surface area contributed by atoms with Crippen LogP contribution in [0.1, 0.15) is 21.5 Å². The third-order valence-electron chi connectivity index (χ3n) is 4.51.